The van der Waals surface area contributed by atoms with Gasteiger partial charge in [-0.05, 0) is 18.2 Å². The molecule has 1 aliphatic heterocycles. The van der Waals surface area contributed by atoms with Gasteiger partial charge in [0.1, 0.15) is 16.0 Å². The Kier molecular flexibility index (Phi) is 3.69. The van der Waals surface area contributed by atoms with Gasteiger partial charge in [0, 0.05) is 24.6 Å². The van der Waals surface area contributed by atoms with E-state index in [0.717, 1.165) is 49.7 Å². The van der Waals surface area contributed by atoms with Gasteiger partial charge in [0.25, 0.3) is 5.56 Å². The standard InChI is InChI=1S/C20H16N8OS/c1-27-17-13(18-19(27)25-16(30-18)7-11-3-2-6-21-11)8-23-28(20(17)29)10-12-4-5-14-15(24-12)9-22-26-14/h2-5,8-9H,6-7,10H2,1H3,(H,22,26). The molecule has 0 unspecified atom stereocenters. The van der Waals surface area contributed by atoms with E-state index in [1.54, 1.807) is 23.7 Å². The zero-order valence-corrected chi connectivity index (χ0v) is 16.8. The summed E-state index contributed by atoms with van der Waals surface area (Å²) in [6.07, 6.45) is 8.22. The Balaban J connectivity index is 1.41. The minimum atomic E-state index is -0.154. The lowest BCUT2D eigenvalue weighted by Crippen LogP contribution is -2.24. The third-order valence-corrected chi connectivity index (χ3v) is 6.36. The molecule has 0 radical (unpaired) electrons. The van der Waals surface area contributed by atoms with E-state index in [9.17, 15) is 4.79 Å². The van der Waals surface area contributed by atoms with Gasteiger partial charge in [-0.15, -0.1) is 11.3 Å². The number of rotatable bonds is 4. The van der Waals surface area contributed by atoms with Crippen LogP contribution in [0.15, 0.2) is 46.5 Å². The van der Waals surface area contributed by atoms with Crippen LogP contribution in [0, 0.1) is 0 Å². The molecule has 0 aromatic carbocycles. The highest BCUT2D eigenvalue weighted by atomic mass is 32.1. The first-order chi connectivity index (χ1) is 14.7. The van der Waals surface area contributed by atoms with E-state index in [0.29, 0.717) is 18.5 Å². The van der Waals surface area contributed by atoms with Crippen LogP contribution in [0.2, 0.25) is 0 Å². The van der Waals surface area contributed by atoms with Crippen molar-refractivity contribution in [2.45, 2.75) is 13.0 Å². The summed E-state index contributed by atoms with van der Waals surface area (Å²) in [4.78, 5) is 26.9. The number of pyridine rings is 1. The number of thiazole rings is 1. The van der Waals surface area contributed by atoms with Gasteiger partial charge in [-0.25, -0.2) is 14.6 Å². The fourth-order valence-corrected chi connectivity index (χ4v) is 4.94. The SMILES string of the molecule is Cn1c2nc(CC3=NCC=C3)sc2c2cnn(Cc3ccc4[nH]ncc4n3)c(=O)c21. The number of nitrogens with one attached hydrogen (secondary N) is 1. The second-order valence-corrected chi connectivity index (χ2v) is 8.29. The van der Waals surface area contributed by atoms with Crippen LogP contribution in [0.4, 0.5) is 0 Å². The molecule has 1 N–H and O–H groups in total. The molecule has 0 saturated heterocycles. The van der Waals surface area contributed by atoms with Gasteiger partial charge in [-0.3, -0.25) is 14.9 Å². The fourth-order valence-electron chi connectivity index (χ4n) is 3.82. The fraction of sp³-hybridized carbons (Fsp3) is 0.200. The molecule has 9 nitrogen and oxygen atoms in total. The third-order valence-electron chi connectivity index (χ3n) is 5.28. The smallest absolute Gasteiger partial charge is 0.291 e. The highest BCUT2D eigenvalue weighted by Gasteiger charge is 2.19. The maximum Gasteiger partial charge on any atom is 0.291 e. The molecule has 5 aromatic rings. The van der Waals surface area contributed by atoms with Gasteiger partial charge in [0.15, 0.2) is 5.65 Å². The van der Waals surface area contributed by atoms with Crippen LogP contribution >= 0.6 is 11.3 Å². The maximum atomic E-state index is 13.2. The van der Waals surface area contributed by atoms with Crippen LogP contribution in [0.3, 0.4) is 0 Å². The number of aromatic nitrogens is 7. The average molecular weight is 416 g/mol. The minimum Gasteiger partial charge on any atom is -0.323 e. The largest absolute Gasteiger partial charge is 0.323 e. The molecule has 30 heavy (non-hydrogen) atoms. The normalized spacial score (nSPS) is 13.8. The Morgan fingerprint density at radius 3 is 3.03 bits per heavy atom. The molecule has 0 aliphatic carbocycles. The summed E-state index contributed by atoms with van der Waals surface area (Å²) in [6.45, 7) is 1.04. The van der Waals surface area contributed by atoms with Gasteiger partial charge in [-0.2, -0.15) is 10.2 Å². The number of hydrogen-bond acceptors (Lipinski definition) is 7. The van der Waals surface area contributed by atoms with Gasteiger partial charge < -0.3 is 4.57 Å². The number of fused-ring (bicyclic) bond motifs is 4. The van der Waals surface area contributed by atoms with E-state index in [4.69, 9.17) is 4.98 Å². The van der Waals surface area contributed by atoms with Crippen molar-refractivity contribution in [1.82, 2.24) is 34.5 Å². The lowest BCUT2D eigenvalue weighted by atomic mass is 10.3. The predicted molar refractivity (Wildman–Crippen MR) is 116 cm³/mol. The third kappa shape index (κ3) is 2.61. The zero-order valence-electron chi connectivity index (χ0n) is 16.0. The van der Waals surface area contributed by atoms with Gasteiger partial charge in [0.05, 0.1) is 41.4 Å². The second kappa shape index (κ2) is 6.42. The van der Waals surface area contributed by atoms with Crippen molar-refractivity contribution in [3.8, 4) is 0 Å². The molecular formula is C20H16N8OS. The number of aryl methyl sites for hydroxylation is 1. The first-order valence-corrected chi connectivity index (χ1v) is 10.3. The zero-order chi connectivity index (χ0) is 20.2. The van der Waals surface area contributed by atoms with Crippen molar-refractivity contribution in [2.24, 2.45) is 12.0 Å². The molecule has 0 saturated carbocycles. The summed E-state index contributed by atoms with van der Waals surface area (Å²) in [6, 6.07) is 3.78. The van der Waals surface area contributed by atoms with Crippen molar-refractivity contribution in [3.63, 3.8) is 0 Å². The summed E-state index contributed by atoms with van der Waals surface area (Å²) in [7, 11) is 1.88. The van der Waals surface area contributed by atoms with Crippen LogP contribution in [0.1, 0.15) is 10.7 Å². The second-order valence-electron chi connectivity index (χ2n) is 7.21. The Morgan fingerprint density at radius 2 is 2.17 bits per heavy atom. The molecule has 148 valence electrons. The Labute approximate surface area is 173 Å². The Hall–Kier alpha value is -3.66. The molecule has 1 aliphatic rings. The highest BCUT2D eigenvalue weighted by Crippen LogP contribution is 2.31. The maximum absolute atomic E-state index is 13.2. The number of allylic oxidation sites excluding steroid dienone is 1. The van der Waals surface area contributed by atoms with Crippen molar-refractivity contribution in [2.75, 3.05) is 6.54 Å². The van der Waals surface area contributed by atoms with Crippen molar-refractivity contribution < 1.29 is 0 Å². The first kappa shape index (κ1) is 17.2. The first-order valence-electron chi connectivity index (χ1n) is 9.50. The Bertz CT molecular complexity index is 1560. The minimum absolute atomic E-state index is 0.154. The Morgan fingerprint density at radius 1 is 1.23 bits per heavy atom. The number of hydrogen-bond donors (Lipinski definition) is 1. The molecule has 0 atom stereocenters. The lowest BCUT2D eigenvalue weighted by Gasteiger charge is -2.05. The summed E-state index contributed by atoms with van der Waals surface area (Å²) >= 11 is 1.60. The monoisotopic (exact) mass is 416 g/mol. The molecule has 0 spiro atoms. The van der Waals surface area contributed by atoms with E-state index < -0.39 is 0 Å². The van der Waals surface area contributed by atoms with Gasteiger partial charge >= 0.3 is 0 Å². The molecule has 0 bridgehead atoms. The van der Waals surface area contributed by atoms with Crippen LogP contribution in [0.5, 0.6) is 0 Å². The van der Waals surface area contributed by atoms with E-state index in [1.165, 1.54) is 4.68 Å². The predicted octanol–water partition coefficient (Wildman–Crippen LogP) is 2.22. The number of aliphatic imine (C=N–C) groups is 1. The summed E-state index contributed by atoms with van der Waals surface area (Å²) in [5.74, 6) is 0. The number of aromatic amines is 1. The van der Waals surface area contributed by atoms with E-state index in [-0.39, 0.29) is 5.56 Å². The van der Waals surface area contributed by atoms with Crippen LogP contribution in [-0.4, -0.2) is 46.8 Å². The summed E-state index contributed by atoms with van der Waals surface area (Å²) in [5.41, 5.74) is 4.67. The highest BCUT2D eigenvalue weighted by molar-refractivity contribution is 7.19. The van der Waals surface area contributed by atoms with E-state index in [2.05, 4.69) is 25.3 Å². The lowest BCUT2D eigenvalue weighted by molar-refractivity contribution is 0.634. The average Bonchev–Trinajstić information content (AvgIpc) is 3.51. The molecule has 10 heteroatoms. The van der Waals surface area contributed by atoms with Crippen molar-refractivity contribution in [3.05, 3.63) is 57.7 Å². The summed E-state index contributed by atoms with van der Waals surface area (Å²) in [5, 5.41) is 13.1. The van der Waals surface area contributed by atoms with Gasteiger partial charge in [-0.1, -0.05) is 6.08 Å². The van der Waals surface area contributed by atoms with Crippen molar-refractivity contribution in [1.29, 1.82) is 0 Å². The van der Waals surface area contributed by atoms with Crippen molar-refractivity contribution >= 4 is 49.3 Å². The topological polar surface area (TPSA) is 107 Å². The number of nitrogens with zero attached hydrogens (tertiary/aromatic N) is 7. The van der Waals surface area contributed by atoms with Gasteiger partial charge in [0.2, 0.25) is 0 Å². The molecule has 6 heterocycles. The molecule has 0 fully saturated rings. The molecule has 0 amide bonds. The molecule has 6 rings (SSSR count). The molecule has 5 aromatic heterocycles. The van der Waals surface area contributed by atoms with E-state index >= 15 is 0 Å². The summed E-state index contributed by atoms with van der Waals surface area (Å²) < 4.78 is 4.29. The van der Waals surface area contributed by atoms with Crippen LogP contribution < -0.4 is 5.56 Å². The van der Waals surface area contributed by atoms with Crippen LogP contribution in [0.25, 0.3) is 32.3 Å². The quantitative estimate of drug-likeness (QED) is 0.483. The van der Waals surface area contributed by atoms with E-state index in [1.807, 2.05) is 35.9 Å². The molecular weight excluding hydrogens is 400 g/mol. The van der Waals surface area contributed by atoms with Crippen LogP contribution in [-0.2, 0) is 20.0 Å². The number of H-pyrrole nitrogens is 1.